The SMILES string of the molecule is COC(=O)CNC(=O)N[C@H]1CC2(C1)C[C@H](Oc1ncccc1C#N)C2. The molecule has 3 rings (SSSR count). The molecule has 1 aromatic rings. The molecule has 2 saturated carbocycles. The van der Waals surface area contributed by atoms with E-state index < -0.39 is 5.97 Å². The van der Waals surface area contributed by atoms with Gasteiger partial charge in [0.1, 0.15) is 24.3 Å². The van der Waals surface area contributed by atoms with Gasteiger partial charge in [0, 0.05) is 12.2 Å². The molecule has 8 heteroatoms. The van der Waals surface area contributed by atoms with Crippen molar-refractivity contribution >= 4 is 12.0 Å². The molecule has 1 spiro atoms. The first kappa shape index (κ1) is 17.0. The molecule has 0 unspecified atom stereocenters. The van der Waals surface area contributed by atoms with Crippen molar-refractivity contribution in [2.24, 2.45) is 5.41 Å². The maximum absolute atomic E-state index is 11.7. The Bertz CT molecular complexity index is 701. The molecule has 0 saturated heterocycles. The van der Waals surface area contributed by atoms with Crippen molar-refractivity contribution in [3.63, 3.8) is 0 Å². The molecule has 0 aliphatic heterocycles. The molecule has 2 aliphatic carbocycles. The van der Waals surface area contributed by atoms with Crippen LogP contribution in [0, 0.1) is 16.7 Å². The quantitative estimate of drug-likeness (QED) is 0.774. The molecule has 2 aliphatic rings. The number of nitrogens with one attached hydrogen (secondary N) is 2. The molecule has 2 fully saturated rings. The number of hydrogen-bond donors (Lipinski definition) is 2. The topological polar surface area (TPSA) is 113 Å². The third-order valence-corrected chi connectivity index (χ3v) is 4.81. The van der Waals surface area contributed by atoms with Gasteiger partial charge in [0.05, 0.1) is 7.11 Å². The van der Waals surface area contributed by atoms with Crippen LogP contribution in [0.3, 0.4) is 0 Å². The minimum atomic E-state index is -0.481. The van der Waals surface area contributed by atoms with E-state index in [1.54, 1.807) is 18.3 Å². The summed E-state index contributed by atoms with van der Waals surface area (Å²) in [6, 6.07) is 5.23. The number of esters is 1. The van der Waals surface area contributed by atoms with Crippen LogP contribution >= 0.6 is 0 Å². The second-order valence-electron chi connectivity index (χ2n) is 6.62. The van der Waals surface area contributed by atoms with E-state index in [9.17, 15) is 9.59 Å². The van der Waals surface area contributed by atoms with Crippen LogP contribution in [0.1, 0.15) is 31.2 Å². The average molecular weight is 344 g/mol. The van der Waals surface area contributed by atoms with E-state index in [4.69, 9.17) is 10.00 Å². The Balaban J connectivity index is 1.38. The fraction of sp³-hybridized carbons (Fsp3) is 0.529. The Morgan fingerprint density at radius 2 is 2.16 bits per heavy atom. The van der Waals surface area contributed by atoms with E-state index >= 15 is 0 Å². The lowest BCUT2D eigenvalue weighted by Crippen LogP contribution is -2.60. The Kier molecular flexibility index (Phi) is 4.74. The minimum absolute atomic E-state index is 0.0658. The molecule has 1 heterocycles. The van der Waals surface area contributed by atoms with Gasteiger partial charge in [-0.25, -0.2) is 9.78 Å². The summed E-state index contributed by atoms with van der Waals surface area (Å²) in [7, 11) is 1.28. The van der Waals surface area contributed by atoms with Crippen molar-refractivity contribution in [2.45, 2.75) is 37.8 Å². The summed E-state index contributed by atoms with van der Waals surface area (Å²) in [4.78, 5) is 26.7. The summed E-state index contributed by atoms with van der Waals surface area (Å²) >= 11 is 0. The van der Waals surface area contributed by atoms with Gasteiger partial charge < -0.3 is 20.1 Å². The first-order chi connectivity index (χ1) is 12.0. The van der Waals surface area contributed by atoms with Gasteiger partial charge in [-0.3, -0.25) is 4.79 Å². The van der Waals surface area contributed by atoms with Crippen LogP contribution in [0.2, 0.25) is 0 Å². The van der Waals surface area contributed by atoms with Crippen LogP contribution in [0.25, 0.3) is 0 Å². The standard InChI is InChI=1S/C17H20N4O4/c1-24-14(22)10-20-16(23)21-12-5-17(6-12)7-13(8-17)25-15-11(9-18)3-2-4-19-15/h2-4,12-13H,5-8,10H2,1H3,(H2,20,21,23)/t12-,13-,17?. The maximum atomic E-state index is 11.7. The summed E-state index contributed by atoms with van der Waals surface area (Å²) in [5, 5.41) is 14.4. The first-order valence-electron chi connectivity index (χ1n) is 8.16. The van der Waals surface area contributed by atoms with Gasteiger partial charge in [-0.1, -0.05) is 0 Å². The largest absolute Gasteiger partial charge is 0.473 e. The predicted octanol–water partition coefficient (Wildman–Crippen LogP) is 1.12. The molecule has 132 valence electrons. The van der Waals surface area contributed by atoms with Gasteiger partial charge in [-0.05, 0) is 43.2 Å². The van der Waals surface area contributed by atoms with Crippen molar-refractivity contribution in [3.8, 4) is 11.9 Å². The van der Waals surface area contributed by atoms with Crippen molar-refractivity contribution in [1.29, 1.82) is 5.26 Å². The van der Waals surface area contributed by atoms with Crippen molar-refractivity contribution in [2.75, 3.05) is 13.7 Å². The van der Waals surface area contributed by atoms with E-state index in [1.807, 2.05) is 0 Å². The molecule has 2 amide bonds. The second-order valence-corrected chi connectivity index (χ2v) is 6.62. The Morgan fingerprint density at radius 1 is 1.40 bits per heavy atom. The van der Waals surface area contributed by atoms with Crippen LogP contribution in [-0.4, -0.2) is 42.8 Å². The fourth-order valence-corrected chi connectivity index (χ4v) is 3.60. The molecule has 1 aromatic heterocycles. The number of amides is 2. The predicted molar refractivity (Wildman–Crippen MR) is 86.6 cm³/mol. The Morgan fingerprint density at radius 3 is 2.84 bits per heavy atom. The lowest BCUT2D eigenvalue weighted by Gasteiger charge is -2.57. The van der Waals surface area contributed by atoms with E-state index in [-0.39, 0.29) is 30.1 Å². The molecule has 0 aromatic carbocycles. The molecule has 0 radical (unpaired) electrons. The third kappa shape index (κ3) is 3.82. The van der Waals surface area contributed by atoms with Gasteiger partial charge in [0.2, 0.25) is 5.88 Å². The first-order valence-corrected chi connectivity index (χ1v) is 8.16. The number of rotatable bonds is 5. The number of urea groups is 1. The molecule has 8 nitrogen and oxygen atoms in total. The molecule has 0 atom stereocenters. The molecule has 2 N–H and O–H groups in total. The second kappa shape index (κ2) is 6.97. The molecule has 0 bridgehead atoms. The van der Waals surface area contributed by atoms with Gasteiger partial charge >= 0.3 is 12.0 Å². The van der Waals surface area contributed by atoms with E-state index in [2.05, 4.69) is 26.4 Å². The summed E-state index contributed by atoms with van der Waals surface area (Å²) in [5.41, 5.74) is 0.658. The maximum Gasteiger partial charge on any atom is 0.325 e. The van der Waals surface area contributed by atoms with E-state index in [0.717, 1.165) is 25.7 Å². The van der Waals surface area contributed by atoms with E-state index in [1.165, 1.54) is 7.11 Å². The molecule has 25 heavy (non-hydrogen) atoms. The van der Waals surface area contributed by atoms with Gasteiger partial charge in [0.25, 0.3) is 0 Å². The third-order valence-electron chi connectivity index (χ3n) is 4.81. The van der Waals surface area contributed by atoms with Gasteiger partial charge in [-0.15, -0.1) is 0 Å². The van der Waals surface area contributed by atoms with Crippen molar-refractivity contribution < 1.29 is 19.1 Å². The Labute approximate surface area is 145 Å². The number of pyridine rings is 1. The molecular weight excluding hydrogens is 324 g/mol. The summed E-state index contributed by atoms with van der Waals surface area (Å²) in [5.74, 6) is -0.0912. The average Bonchev–Trinajstić information content (AvgIpc) is 2.56. The van der Waals surface area contributed by atoms with Crippen LogP contribution in [0.15, 0.2) is 18.3 Å². The number of nitriles is 1. The van der Waals surface area contributed by atoms with Crippen LogP contribution < -0.4 is 15.4 Å². The number of carbonyl (C=O) groups is 2. The zero-order valence-corrected chi connectivity index (χ0v) is 13.9. The van der Waals surface area contributed by atoms with Crippen molar-refractivity contribution in [1.82, 2.24) is 15.6 Å². The zero-order chi connectivity index (χ0) is 17.9. The lowest BCUT2D eigenvalue weighted by molar-refractivity contribution is -0.139. The Hall–Kier alpha value is -2.82. The fourth-order valence-electron chi connectivity index (χ4n) is 3.60. The number of methoxy groups -OCH3 is 1. The van der Waals surface area contributed by atoms with Crippen LogP contribution in [-0.2, 0) is 9.53 Å². The van der Waals surface area contributed by atoms with Gasteiger partial charge in [-0.2, -0.15) is 5.26 Å². The van der Waals surface area contributed by atoms with Crippen LogP contribution in [0.5, 0.6) is 5.88 Å². The highest BCUT2D eigenvalue weighted by atomic mass is 16.5. The number of ether oxygens (including phenoxy) is 2. The zero-order valence-electron chi connectivity index (χ0n) is 13.9. The number of nitrogens with zero attached hydrogens (tertiary/aromatic N) is 2. The minimum Gasteiger partial charge on any atom is -0.473 e. The molecular formula is C17H20N4O4. The van der Waals surface area contributed by atoms with E-state index in [0.29, 0.717) is 11.4 Å². The highest BCUT2D eigenvalue weighted by molar-refractivity contribution is 5.80. The summed E-state index contributed by atoms with van der Waals surface area (Å²) in [6.45, 7) is -0.137. The lowest BCUT2D eigenvalue weighted by atomic mass is 9.53. The number of hydrogen-bond acceptors (Lipinski definition) is 6. The summed E-state index contributed by atoms with van der Waals surface area (Å²) in [6.07, 6.45) is 5.27. The van der Waals surface area contributed by atoms with Crippen LogP contribution in [0.4, 0.5) is 4.79 Å². The van der Waals surface area contributed by atoms with Crippen molar-refractivity contribution in [3.05, 3.63) is 23.9 Å². The summed E-state index contributed by atoms with van der Waals surface area (Å²) < 4.78 is 10.3. The van der Waals surface area contributed by atoms with Gasteiger partial charge in [0.15, 0.2) is 0 Å². The smallest absolute Gasteiger partial charge is 0.325 e. The normalized spacial score (nSPS) is 26.6. The number of aromatic nitrogens is 1. The monoisotopic (exact) mass is 344 g/mol. The highest BCUT2D eigenvalue weighted by Gasteiger charge is 2.54. The number of carbonyl (C=O) groups excluding carboxylic acids is 2. The highest BCUT2D eigenvalue weighted by Crippen LogP contribution is 2.56.